The normalized spacial score (nSPS) is 15.7. The maximum absolute atomic E-state index is 13.2. The minimum absolute atomic E-state index is 0.0195. The molecule has 4 rings (SSSR count). The van der Waals surface area contributed by atoms with Crippen molar-refractivity contribution < 1.29 is 23.1 Å². The summed E-state index contributed by atoms with van der Waals surface area (Å²) in [7, 11) is -3.69. The topological polar surface area (TPSA) is 123 Å². The molecule has 0 aliphatic heterocycles. The van der Waals surface area contributed by atoms with E-state index in [0.717, 1.165) is 24.1 Å². The number of hydrogen-bond donors (Lipinski definition) is 2. The first-order valence-electron chi connectivity index (χ1n) is 11.3. The summed E-state index contributed by atoms with van der Waals surface area (Å²) < 4.78 is 33.7. The van der Waals surface area contributed by atoms with Crippen LogP contribution in [0.3, 0.4) is 0 Å². The Kier molecular flexibility index (Phi) is 7.44. The van der Waals surface area contributed by atoms with E-state index in [1.54, 1.807) is 36.5 Å². The van der Waals surface area contributed by atoms with Gasteiger partial charge >= 0.3 is 5.97 Å². The number of halogens is 1. The summed E-state index contributed by atoms with van der Waals surface area (Å²) in [4.78, 5) is 15.5. The van der Waals surface area contributed by atoms with Gasteiger partial charge in [0.1, 0.15) is 18.2 Å². The first-order chi connectivity index (χ1) is 16.6. The molecule has 1 aromatic carbocycles. The average Bonchev–Trinajstić information content (AvgIpc) is 3.22. The van der Waals surface area contributed by atoms with Gasteiger partial charge in [-0.3, -0.25) is 14.8 Å². The third kappa shape index (κ3) is 5.83. The van der Waals surface area contributed by atoms with Crippen molar-refractivity contribution in [1.29, 1.82) is 0 Å². The quantitative estimate of drug-likeness (QED) is 0.429. The summed E-state index contributed by atoms with van der Waals surface area (Å²) in [6.45, 7) is 3.67. The second kappa shape index (κ2) is 10.3. The second-order valence-corrected chi connectivity index (χ2v) is 11.2. The lowest BCUT2D eigenvalue weighted by atomic mass is 9.93. The zero-order valence-electron chi connectivity index (χ0n) is 19.4. The number of hydrogen-bond acceptors (Lipinski definition) is 7. The van der Waals surface area contributed by atoms with Gasteiger partial charge in [-0.05, 0) is 55.5 Å². The van der Waals surface area contributed by atoms with Crippen LogP contribution in [0.1, 0.15) is 55.5 Å². The van der Waals surface area contributed by atoms with Gasteiger partial charge in [-0.1, -0.05) is 25.4 Å². The van der Waals surface area contributed by atoms with Crippen molar-refractivity contribution >= 4 is 27.4 Å². The molecule has 0 unspecified atom stereocenters. The van der Waals surface area contributed by atoms with Gasteiger partial charge in [-0.2, -0.15) is 5.10 Å². The molecule has 186 valence electrons. The number of fused-ring (bicyclic) bond motifs is 1. The van der Waals surface area contributed by atoms with Crippen LogP contribution in [0, 0.1) is 0 Å². The lowest BCUT2D eigenvalue weighted by Gasteiger charge is -2.24. The van der Waals surface area contributed by atoms with Crippen LogP contribution in [0.5, 0.6) is 11.6 Å². The highest BCUT2D eigenvalue weighted by atomic mass is 35.5. The molecule has 11 heteroatoms. The van der Waals surface area contributed by atoms with Crippen LogP contribution in [0.4, 0.5) is 0 Å². The Morgan fingerprint density at radius 1 is 1.29 bits per heavy atom. The lowest BCUT2D eigenvalue weighted by Crippen LogP contribution is -2.30. The summed E-state index contributed by atoms with van der Waals surface area (Å²) in [5.41, 5.74) is 2.36. The van der Waals surface area contributed by atoms with Crippen LogP contribution in [0.25, 0.3) is 0 Å². The number of rotatable bonds is 9. The van der Waals surface area contributed by atoms with Crippen LogP contribution < -0.4 is 10.1 Å². The van der Waals surface area contributed by atoms with E-state index in [1.807, 2.05) is 13.8 Å². The highest BCUT2D eigenvalue weighted by Gasteiger charge is 2.27. The number of carboxylic acid groups (broad SMARTS) is 1. The summed E-state index contributed by atoms with van der Waals surface area (Å²) in [5.74, 6) is -0.369. The smallest absolute Gasteiger partial charge is 0.325 e. The summed E-state index contributed by atoms with van der Waals surface area (Å²) in [6.07, 6.45) is 5.20. The van der Waals surface area contributed by atoms with Crippen LogP contribution in [-0.4, -0.2) is 40.1 Å². The Bertz CT molecular complexity index is 1320. The molecule has 0 saturated carbocycles. The van der Waals surface area contributed by atoms with E-state index in [2.05, 4.69) is 15.4 Å². The van der Waals surface area contributed by atoms with Crippen molar-refractivity contribution in [3.8, 4) is 11.6 Å². The highest BCUT2D eigenvalue weighted by Crippen LogP contribution is 2.32. The number of nitrogens with one attached hydrogen (secondary N) is 1. The molecule has 35 heavy (non-hydrogen) atoms. The second-order valence-electron chi connectivity index (χ2n) is 8.78. The fourth-order valence-corrected chi connectivity index (χ4v) is 5.35. The molecule has 1 aliphatic carbocycles. The molecule has 2 aromatic heterocycles. The Morgan fingerprint density at radius 2 is 2.03 bits per heavy atom. The SMILES string of the molecule is CC(C)c1cc(S(=O)(=O)CN[C@@H]2CCCc3c2cnn3CC(=O)O)cnc1Oc1ccc(Cl)cc1. The number of carboxylic acids is 1. The van der Waals surface area contributed by atoms with E-state index in [4.69, 9.17) is 21.4 Å². The molecule has 0 spiro atoms. The fraction of sp³-hybridized carbons (Fsp3) is 0.375. The predicted octanol–water partition coefficient (Wildman–Crippen LogP) is 4.33. The van der Waals surface area contributed by atoms with Gasteiger partial charge in [0, 0.05) is 34.1 Å². The van der Waals surface area contributed by atoms with Crippen LogP contribution >= 0.6 is 11.6 Å². The number of pyridine rings is 1. The van der Waals surface area contributed by atoms with Gasteiger partial charge in [0.2, 0.25) is 5.88 Å². The minimum atomic E-state index is -3.69. The van der Waals surface area contributed by atoms with Crippen molar-refractivity contribution in [2.24, 2.45) is 0 Å². The van der Waals surface area contributed by atoms with Crippen LogP contribution in [-0.2, 0) is 27.6 Å². The van der Waals surface area contributed by atoms with Crippen molar-refractivity contribution in [2.75, 3.05) is 5.88 Å². The standard InChI is InChI=1S/C24H27ClN4O5S/c1-15(2)19-10-18(11-26-24(19)34-17-8-6-16(25)7-9-17)35(32,33)14-27-21-4-3-5-22-20(21)12-28-29(22)13-23(30)31/h6-12,15,21,27H,3-5,13-14H2,1-2H3,(H,30,31)/t21-/m1/s1. The highest BCUT2D eigenvalue weighted by molar-refractivity contribution is 7.91. The van der Waals surface area contributed by atoms with Crippen LogP contribution in [0.15, 0.2) is 47.6 Å². The summed E-state index contributed by atoms with van der Waals surface area (Å²) >= 11 is 5.93. The van der Waals surface area contributed by atoms with E-state index in [9.17, 15) is 13.2 Å². The van der Waals surface area contributed by atoms with Crippen molar-refractivity contribution in [1.82, 2.24) is 20.1 Å². The monoisotopic (exact) mass is 518 g/mol. The van der Waals surface area contributed by atoms with Gasteiger partial charge in [0.15, 0.2) is 9.84 Å². The van der Waals surface area contributed by atoms with Crippen molar-refractivity contribution in [3.05, 3.63) is 64.6 Å². The third-order valence-corrected chi connectivity index (χ3v) is 7.67. The average molecular weight is 519 g/mol. The summed E-state index contributed by atoms with van der Waals surface area (Å²) in [5, 5.41) is 17.0. The van der Waals surface area contributed by atoms with Gasteiger partial charge < -0.3 is 9.84 Å². The molecule has 0 bridgehead atoms. The maximum Gasteiger partial charge on any atom is 0.325 e. The number of benzene rings is 1. The van der Waals surface area contributed by atoms with Gasteiger partial charge in [0.05, 0.1) is 11.1 Å². The molecule has 0 radical (unpaired) electrons. The number of nitrogens with zero attached hydrogens (tertiary/aromatic N) is 3. The van der Waals surface area contributed by atoms with Gasteiger partial charge in [0.25, 0.3) is 0 Å². The van der Waals surface area contributed by atoms with Gasteiger partial charge in [-0.25, -0.2) is 13.4 Å². The van der Waals surface area contributed by atoms with E-state index < -0.39 is 15.8 Å². The first-order valence-corrected chi connectivity index (χ1v) is 13.3. The summed E-state index contributed by atoms with van der Waals surface area (Å²) in [6, 6.07) is 8.24. The Hall–Kier alpha value is -2.95. The molecule has 0 saturated heterocycles. The van der Waals surface area contributed by atoms with E-state index >= 15 is 0 Å². The molecule has 3 aromatic rings. The van der Waals surface area contributed by atoms with Crippen molar-refractivity contribution in [2.45, 2.75) is 56.5 Å². The van der Waals surface area contributed by atoms with E-state index in [-0.39, 0.29) is 29.3 Å². The molecular weight excluding hydrogens is 492 g/mol. The fourth-order valence-electron chi connectivity index (χ4n) is 4.12. The largest absolute Gasteiger partial charge is 0.480 e. The Labute approximate surface area is 209 Å². The third-order valence-electron chi connectivity index (χ3n) is 5.93. The Morgan fingerprint density at radius 3 is 2.71 bits per heavy atom. The lowest BCUT2D eigenvalue weighted by molar-refractivity contribution is -0.137. The molecular formula is C24H27ClN4O5S. The number of sulfone groups is 1. The molecule has 9 nitrogen and oxygen atoms in total. The predicted molar refractivity (Wildman–Crippen MR) is 131 cm³/mol. The van der Waals surface area contributed by atoms with Crippen LogP contribution in [0.2, 0.25) is 5.02 Å². The zero-order valence-corrected chi connectivity index (χ0v) is 21.0. The molecule has 1 atom stereocenters. The van der Waals surface area contributed by atoms with E-state index in [0.29, 0.717) is 28.6 Å². The van der Waals surface area contributed by atoms with Crippen molar-refractivity contribution in [3.63, 3.8) is 0 Å². The molecule has 0 fully saturated rings. The molecule has 0 amide bonds. The first kappa shape index (κ1) is 25.2. The zero-order chi connectivity index (χ0) is 25.2. The molecule has 1 aliphatic rings. The molecule has 2 heterocycles. The Balaban J connectivity index is 1.51. The number of carbonyl (C=O) groups is 1. The minimum Gasteiger partial charge on any atom is -0.480 e. The number of aromatic nitrogens is 3. The number of ether oxygens (including phenoxy) is 1. The number of aliphatic carboxylic acids is 1. The maximum atomic E-state index is 13.2. The van der Waals surface area contributed by atoms with Gasteiger partial charge in [-0.15, -0.1) is 0 Å². The van der Waals surface area contributed by atoms with E-state index in [1.165, 1.54) is 10.9 Å². The molecule has 2 N–H and O–H groups in total.